The highest BCUT2D eigenvalue weighted by Crippen LogP contribution is 2.25. The molecule has 0 saturated heterocycles. The van der Waals surface area contributed by atoms with E-state index in [4.69, 9.17) is 4.74 Å². The summed E-state index contributed by atoms with van der Waals surface area (Å²) in [6.45, 7) is 4.55. The van der Waals surface area contributed by atoms with Crippen molar-refractivity contribution in [2.45, 2.75) is 32.5 Å². The van der Waals surface area contributed by atoms with Crippen LogP contribution in [0.3, 0.4) is 0 Å². The molecule has 0 unspecified atom stereocenters. The van der Waals surface area contributed by atoms with E-state index in [9.17, 15) is 8.42 Å². The molecule has 1 aromatic carbocycles. The maximum atomic E-state index is 11.6. The van der Waals surface area contributed by atoms with Gasteiger partial charge in [-0.25, -0.2) is 13.1 Å². The Morgan fingerprint density at radius 1 is 1.35 bits per heavy atom. The van der Waals surface area contributed by atoms with E-state index in [2.05, 4.69) is 26.9 Å². The normalized spacial score (nSPS) is 17.8. The SMILES string of the molecule is CCS(=O)(=O)NCC[C@H]1CN(Cc2cccc(OC)c2)Cc2ccnn21. The zero-order valence-electron chi connectivity index (χ0n) is 15.3. The summed E-state index contributed by atoms with van der Waals surface area (Å²) in [6, 6.07) is 10.3. The molecule has 142 valence electrons. The van der Waals surface area contributed by atoms with E-state index in [1.165, 1.54) is 5.56 Å². The predicted octanol–water partition coefficient (Wildman–Crippen LogP) is 1.78. The average molecular weight is 378 g/mol. The van der Waals surface area contributed by atoms with Crippen LogP contribution in [0.4, 0.5) is 0 Å². The van der Waals surface area contributed by atoms with Crippen LogP contribution in [-0.4, -0.2) is 49.1 Å². The van der Waals surface area contributed by atoms with Crippen molar-refractivity contribution in [1.82, 2.24) is 19.4 Å². The van der Waals surface area contributed by atoms with E-state index in [-0.39, 0.29) is 11.8 Å². The van der Waals surface area contributed by atoms with Crippen LogP contribution in [0.5, 0.6) is 5.75 Å². The topological polar surface area (TPSA) is 76.5 Å². The highest BCUT2D eigenvalue weighted by Gasteiger charge is 2.25. The van der Waals surface area contributed by atoms with Gasteiger partial charge in [-0.3, -0.25) is 9.58 Å². The van der Waals surface area contributed by atoms with Crippen molar-refractivity contribution in [1.29, 1.82) is 0 Å². The van der Waals surface area contributed by atoms with Crippen molar-refractivity contribution in [3.8, 4) is 5.75 Å². The number of fused-ring (bicyclic) bond motifs is 1. The van der Waals surface area contributed by atoms with Gasteiger partial charge in [0, 0.05) is 32.4 Å². The second-order valence-electron chi connectivity index (χ2n) is 6.53. The molecule has 1 aromatic heterocycles. The molecule has 0 spiro atoms. The zero-order valence-corrected chi connectivity index (χ0v) is 16.1. The minimum absolute atomic E-state index is 0.104. The van der Waals surface area contributed by atoms with Gasteiger partial charge in [0.2, 0.25) is 10.0 Å². The average Bonchev–Trinajstić information content (AvgIpc) is 3.10. The molecule has 0 amide bonds. The van der Waals surface area contributed by atoms with Gasteiger partial charge in [-0.2, -0.15) is 5.10 Å². The van der Waals surface area contributed by atoms with Crippen LogP contribution in [0.1, 0.15) is 30.6 Å². The smallest absolute Gasteiger partial charge is 0.211 e. The second-order valence-corrected chi connectivity index (χ2v) is 8.62. The molecule has 8 heteroatoms. The summed E-state index contributed by atoms with van der Waals surface area (Å²) in [5, 5.41) is 4.44. The molecule has 0 fully saturated rings. The molecule has 1 atom stereocenters. The Bertz CT molecular complexity index is 834. The van der Waals surface area contributed by atoms with E-state index >= 15 is 0 Å². The Morgan fingerprint density at radius 3 is 2.96 bits per heavy atom. The molecule has 2 aromatic rings. The highest BCUT2D eigenvalue weighted by atomic mass is 32.2. The first-order valence-corrected chi connectivity index (χ1v) is 10.5. The molecule has 7 nitrogen and oxygen atoms in total. The first-order chi connectivity index (χ1) is 12.5. The Labute approximate surface area is 155 Å². The fourth-order valence-electron chi connectivity index (χ4n) is 3.31. The van der Waals surface area contributed by atoms with Crippen LogP contribution in [0.15, 0.2) is 36.5 Å². The lowest BCUT2D eigenvalue weighted by Gasteiger charge is -2.34. The molecule has 1 aliphatic heterocycles. The Kier molecular flexibility index (Phi) is 5.95. The minimum atomic E-state index is -3.16. The molecule has 0 aliphatic carbocycles. The zero-order chi connectivity index (χ0) is 18.6. The van der Waals surface area contributed by atoms with Gasteiger partial charge >= 0.3 is 0 Å². The predicted molar refractivity (Wildman–Crippen MR) is 100 cm³/mol. The van der Waals surface area contributed by atoms with Gasteiger partial charge < -0.3 is 4.74 Å². The number of rotatable bonds is 8. The largest absolute Gasteiger partial charge is 0.497 e. The van der Waals surface area contributed by atoms with Gasteiger partial charge in [-0.15, -0.1) is 0 Å². The van der Waals surface area contributed by atoms with E-state index < -0.39 is 10.0 Å². The summed E-state index contributed by atoms with van der Waals surface area (Å²) in [6.07, 6.45) is 2.52. The van der Waals surface area contributed by atoms with Gasteiger partial charge in [0.05, 0.1) is 24.6 Å². The lowest BCUT2D eigenvalue weighted by molar-refractivity contribution is 0.162. The van der Waals surface area contributed by atoms with E-state index in [0.29, 0.717) is 13.0 Å². The van der Waals surface area contributed by atoms with Crippen LogP contribution < -0.4 is 9.46 Å². The molecule has 1 aliphatic rings. The molecule has 26 heavy (non-hydrogen) atoms. The monoisotopic (exact) mass is 378 g/mol. The van der Waals surface area contributed by atoms with Crippen molar-refractivity contribution in [3.05, 3.63) is 47.8 Å². The number of sulfonamides is 1. The number of methoxy groups -OCH3 is 1. The van der Waals surface area contributed by atoms with Crippen LogP contribution in [0, 0.1) is 0 Å². The van der Waals surface area contributed by atoms with Gasteiger partial charge in [0.15, 0.2) is 0 Å². The minimum Gasteiger partial charge on any atom is -0.497 e. The summed E-state index contributed by atoms with van der Waals surface area (Å²) in [4.78, 5) is 2.37. The molecule has 3 rings (SSSR count). The van der Waals surface area contributed by atoms with Crippen molar-refractivity contribution in [3.63, 3.8) is 0 Å². The second kappa shape index (κ2) is 8.20. The third-order valence-corrected chi connectivity index (χ3v) is 6.08. The number of aromatic nitrogens is 2. The van der Waals surface area contributed by atoms with Crippen molar-refractivity contribution < 1.29 is 13.2 Å². The fourth-order valence-corrected chi connectivity index (χ4v) is 3.94. The van der Waals surface area contributed by atoms with Gasteiger partial charge in [0.1, 0.15) is 5.75 Å². The number of benzene rings is 1. The highest BCUT2D eigenvalue weighted by molar-refractivity contribution is 7.89. The third-order valence-electron chi connectivity index (χ3n) is 4.67. The lowest BCUT2D eigenvalue weighted by atomic mass is 10.1. The van der Waals surface area contributed by atoms with Gasteiger partial charge in [-0.1, -0.05) is 12.1 Å². The Balaban J connectivity index is 1.67. The van der Waals surface area contributed by atoms with Crippen LogP contribution >= 0.6 is 0 Å². The third kappa shape index (κ3) is 4.63. The maximum Gasteiger partial charge on any atom is 0.211 e. The molecule has 2 heterocycles. The lowest BCUT2D eigenvalue weighted by Crippen LogP contribution is -2.39. The summed E-state index contributed by atoms with van der Waals surface area (Å²) in [7, 11) is -1.49. The van der Waals surface area contributed by atoms with Gasteiger partial charge in [0.25, 0.3) is 0 Å². The van der Waals surface area contributed by atoms with E-state index in [0.717, 1.165) is 31.1 Å². The van der Waals surface area contributed by atoms with E-state index in [1.807, 2.05) is 29.1 Å². The Hall–Kier alpha value is -1.90. The standard InChI is InChI=1S/C18H26N4O3S/c1-3-26(23,24)20-10-8-17-14-21(13-16-7-9-19-22(16)17)12-15-5-4-6-18(11-15)25-2/h4-7,9,11,17,20H,3,8,10,12-14H2,1-2H3/t17-/m0/s1. The molecule has 1 N–H and O–H groups in total. The molecular formula is C18H26N4O3S. The first-order valence-electron chi connectivity index (χ1n) is 8.85. The summed E-state index contributed by atoms with van der Waals surface area (Å²) < 4.78 is 33.3. The Morgan fingerprint density at radius 2 is 2.19 bits per heavy atom. The molecule has 0 saturated carbocycles. The van der Waals surface area contributed by atoms with Gasteiger partial charge in [-0.05, 0) is 37.1 Å². The van der Waals surface area contributed by atoms with Crippen LogP contribution in [0.25, 0.3) is 0 Å². The molecule has 0 radical (unpaired) electrons. The number of nitrogens with zero attached hydrogens (tertiary/aromatic N) is 3. The maximum absolute atomic E-state index is 11.6. The van der Waals surface area contributed by atoms with Crippen LogP contribution in [-0.2, 0) is 23.1 Å². The van der Waals surface area contributed by atoms with Crippen molar-refractivity contribution in [2.24, 2.45) is 0 Å². The summed E-state index contributed by atoms with van der Waals surface area (Å²) >= 11 is 0. The van der Waals surface area contributed by atoms with Crippen LogP contribution in [0.2, 0.25) is 0 Å². The number of hydrogen-bond donors (Lipinski definition) is 1. The quantitative estimate of drug-likeness (QED) is 0.758. The van der Waals surface area contributed by atoms with Crippen molar-refractivity contribution in [2.75, 3.05) is 26.0 Å². The number of nitrogens with one attached hydrogen (secondary N) is 1. The summed E-state index contributed by atoms with van der Waals surface area (Å²) in [5.41, 5.74) is 2.35. The number of ether oxygens (including phenoxy) is 1. The van der Waals surface area contributed by atoms with Crippen molar-refractivity contribution >= 4 is 10.0 Å². The molecule has 0 bridgehead atoms. The first kappa shape index (κ1) is 18.9. The summed E-state index contributed by atoms with van der Waals surface area (Å²) in [5.74, 6) is 0.960. The van der Waals surface area contributed by atoms with E-state index in [1.54, 1.807) is 14.0 Å². The molecular weight excluding hydrogens is 352 g/mol. The number of hydrogen-bond acceptors (Lipinski definition) is 5. The fraction of sp³-hybridized carbons (Fsp3) is 0.500.